The highest BCUT2D eigenvalue weighted by Crippen LogP contribution is 2.28. The van der Waals surface area contributed by atoms with Gasteiger partial charge in [-0.15, -0.1) is 0 Å². The minimum absolute atomic E-state index is 0.642. The zero-order chi connectivity index (χ0) is 20.8. The van der Waals surface area contributed by atoms with Crippen molar-refractivity contribution < 1.29 is 9.47 Å². The molecule has 156 valence electrons. The van der Waals surface area contributed by atoms with Gasteiger partial charge in [-0.1, -0.05) is 48.6 Å². The van der Waals surface area contributed by atoms with Crippen molar-refractivity contribution in [2.24, 2.45) is 0 Å². The Hall–Kier alpha value is -2.89. The number of nitrogens with one attached hydrogen (secondary N) is 1. The molecule has 1 N–H and O–H groups in total. The maximum atomic E-state index is 5.45. The molecule has 1 aliphatic rings. The van der Waals surface area contributed by atoms with Crippen LogP contribution in [0.25, 0.3) is 28.7 Å². The number of aromatic nitrogens is 2. The summed E-state index contributed by atoms with van der Waals surface area (Å²) in [6, 6.07) is 17.1. The lowest BCUT2D eigenvalue weighted by atomic mass is 10.1. The topological polar surface area (TPSA) is 50.4 Å². The molecule has 1 saturated heterocycles. The highest BCUT2D eigenvalue weighted by molar-refractivity contribution is 5.69. The van der Waals surface area contributed by atoms with Crippen LogP contribution in [0.1, 0.15) is 18.2 Å². The number of aromatic amines is 1. The second-order valence-corrected chi connectivity index (χ2v) is 7.39. The highest BCUT2D eigenvalue weighted by atomic mass is 16.5. The molecule has 0 aliphatic carbocycles. The molecule has 0 unspecified atom stereocenters. The summed E-state index contributed by atoms with van der Waals surface area (Å²) >= 11 is 0. The van der Waals surface area contributed by atoms with E-state index in [-0.39, 0.29) is 0 Å². The van der Waals surface area contributed by atoms with Crippen LogP contribution < -0.4 is 4.90 Å². The highest BCUT2D eigenvalue weighted by Gasteiger charge is 2.13. The summed E-state index contributed by atoms with van der Waals surface area (Å²) in [7, 11) is 0. The second kappa shape index (κ2) is 9.74. The van der Waals surface area contributed by atoms with Crippen LogP contribution in [0.5, 0.6) is 0 Å². The Morgan fingerprint density at radius 3 is 2.43 bits per heavy atom. The van der Waals surface area contributed by atoms with Crippen molar-refractivity contribution in [2.75, 3.05) is 44.4 Å². The number of morpholine rings is 1. The number of hydrogen-bond donors (Lipinski definition) is 1. The zero-order valence-electron chi connectivity index (χ0n) is 17.7. The second-order valence-electron chi connectivity index (χ2n) is 7.39. The number of anilines is 1. The van der Waals surface area contributed by atoms with Gasteiger partial charge in [-0.25, -0.2) is 4.98 Å². The molecule has 2 heterocycles. The van der Waals surface area contributed by atoms with E-state index < -0.39 is 0 Å². The first kappa shape index (κ1) is 20.4. The van der Waals surface area contributed by atoms with Gasteiger partial charge in [0.25, 0.3) is 0 Å². The first-order valence-electron chi connectivity index (χ1n) is 10.6. The van der Waals surface area contributed by atoms with Crippen molar-refractivity contribution in [1.82, 2.24) is 9.97 Å². The lowest BCUT2D eigenvalue weighted by molar-refractivity contribution is 0.122. The first-order valence-corrected chi connectivity index (χ1v) is 10.6. The van der Waals surface area contributed by atoms with Crippen LogP contribution >= 0.6 is 0 Å². The van der Waals surface area contributed by atoms with Crippen LogP contribution in [0.3, 0.4) is 0 Å². The summed E-state index contributed by atoms with van der Waals surface area (Å²) in [6.45, 7) is 8.94. The van der Waals surface area contributed by atoms with Crippen molar-refractivity contribution in [1.29, 1.82) is 0 Å². The number of ether oxygens (including phenoxy) is 2. The molecule has 0 saturated carbocycles. The van der Waals surface area contributed by atoms with E-state index in [1.165, 1.54) is 5.69 Å². The summed E-state index contributed by atoms with van der Waals surface area (Å²) in [5.74, 6) is 0.893. The van der Waals surface area contributed by atoms with E-state index in [1.54, 1.807) is 0 Å². The maximum Gasteiger partial charge on any atom is 0.138 e. The van der Waals surface area contributed by atoms with Gasteiger partial charge >= 0.3 is 0 Å². The van der Waals surface area contributed by atoms with Gasteiger partial charge in [0.2, 0.25) is 0 Å². The molecule has 1 aromatic heterocycles. The number of nitrogens with zero attached hydrogens (tertiary/aromatic N) is 2. The molecular weight excluding hydrogens is 374 g/mol. The number of benzene rings is 2. The predicted molar refractivity (Wildman–Crippen MR) is 123 cm³/mol. The van der Waals surface area contributed by atoms with Crippen LogP contribution in [0, 0.1) is 6.92 Å². The predicted octanol–water partition coefficient (Wildman–Crippen LogP) is 4.94. The minimum Gasteiger partial charge on any atom is -0.378 e. The van der Waals surface area contributed by atoms with Crippen LogP contribution in [0.15, 0.2) is 54.6 Å². The van der Waals surface area contributed by atoms with Crippen molar-refractivity contribution in [3.05, 3.63) is 65.9 Å². The summed E-state index contributed by atoms with van der Waals surface area (Å²) < 4.78 is 10.8. The zero-order valence-corrected chi connectivity index (χ0v) is 17.7. The van der Waals surface area contributed by atoms with E-state index in [9.17, 15) is 0 Å². The van der Waals surface area contributed by atoms with E-state index >= 15 is 0 Å². The fraction of sp³-hybridized carbons (Fsp3) is 0.320. The number of rotatable bonds is 7. The number of imidazole rings is 1. The summed E-state index contributed by atoms with van der Waals surface area (Å²) in [6.07, 6.45) is 4.11. The molecule has 30 heavy (non-hydrogen) atoms. The maximum absolute atomic E-state index is 5.45. The molecule has 1 fully saturated rings. The fourth-order valence-electron chi connectivity index (χ4n) is 3.65. The van der Waals surface area contributed by atoms with Gasteiger partial charge in [-0.3, -0.25) is 0 Å². The van der Waals surface area contributed by atoms with Crippen LogP contribution in [-0.4, -0.2) is 49.5 Å². The molecule has 5 heteroatoms. The minimum atomic E-state index is 0.642. The van der Waals surface area contributed by atoms with Gasteiger partial charge < -0.3 is 19.4 Å². The van der Waals surface area contributed by atoms with Crippen LogP contribution in [0.4, 0.5) is 5.69 Å². The molecule has 0 bridgehead atoms. The lowest BCUT2D eigenvalue weighted by Gasteiger charge is -2.28. The summed E-state index contributed by atoms with van der Waals surface area (Å²) in [4.78, 5) is 10.7. The molecule has 3 aromatic rings. The molecule has 0 atom stereocenters. The molecule has 2 aromatic carbocycles. The lowest BCUT2D eigenvalue weighted by Crippen LogP contribution is -2.36. The molecule has 5 nitrogen and oxygen atoms in total. The number of aryl methyl sites for hydroxylation is 1. The number of hydrogen-bond acceptors (Lipinski definition) is 4. The molecule has 0 amide bonds. The van der Waals surface area contributed by atoms with E-state index in [2.05, 4.69) is 71.4 Å². The molecule has 0 radical (unpaired) electrons. The Balaban J connectivity index is 1.48. The normalized spacial score (nSPS) is 14.5. The van der Waals surface area contributed by atoms with Crippen LogP contribution in [-0.2, 0) is 9.47 Å². The van der Waals surface area contributed by atoms with E-state index in [4.69, 9.17) is 14.5 Å². The number of H-pyrrole nitrogens is 1. The third kappa shape index (κ3) is 4.81. The molecule has 4 rings (SSSR count). The summed E-state index contributed by atoms with van der Waals surface area (Å²) in [5, 5.41) is 0. The Morgan fingerprint density at radius 1 is 1.03 bits per heavy atom. The van der Waals surface area contributed by atoms with Gasteiger partial charge in [0.05, 0.1) is 25.5 Å². The Labute approximate surface area is 178 Å². The van der Waals surface area contributed by atoms with Crippen LogP contribution in [0.2, 0.25) is 0 Å². The van der Waals surface area contributed by atoms with Crippen molar-refractivity contribution in [3.8, 4) is 22.6 Å². The van der Waals surface area contributed by atoms with Crippen molar-refractivity contribution in [2.45, 2.75) is 13.8 Å². The van der Waals surface area contributed by atoms with E-state index in [0.29, 0.717) is 6.61 Å². The Kier molecular flexibility index (Phi) is 6.62. The Bertz CT molecular complexity index is 969. The van der Waals surface area contributed by atoms with Gasteiger partial charge in [-0.2, -0.15) is 0 Å². The SMILES string of the molecule is CCOC/C=C/c1ccc(-c2nc(-c3ccc(N4CCOCC4)cc3)c(C)[nH]2)cc1. The van der Waals surface area contributed by atoms with Gasteiger partial charge in [-0.05, 0) is 31.5 Å². The fourth-order valence-corrected chi connectivity index (χ4v) is 3.65. The third-order valence-corrected chi connectivity index (χ3v) is 5.31. The van der Waals surface area contributed by atoms with Gasteiger partial charge in [0.1, 0.15) is 5.82 Å². The smallest absolute Gasteiger partial charge is 0.138 e. The average molecular weight is 404 g/mol. The summed E-state index contributed by atoms with van der Waals surface area (Å²) in [5.41, 5.74) is 6.67. The van der Waals surface area contributed by atoms with E-state index in [0.717, 1.165) is 66.8 Å². The van der Waals surface area contributed by atoms with Gasteiger partial charge in [0, 0.05) is 42.2 Å². The van der Waals surface area contributed by atoms with Gasteiger partial charge in [0.15, 0.2) is 0 Å². The van der Waals surface area contributed by atoms with E-state index in [1.807, 2.05) is 13.0 Å². The Morgan fingerprint density at radius 2 is 1.73 bits per heavy atom. The average Bonchev–Trinajstić information content (AvgIpc) is 3.19. The largest absolute Gasteiger partial charge is 0.378 e. The first-order chi connectivity index (χ1) is 14.7. The van der Waals surface area contributed by atoms with Crippen molar-refractivity contribution in [3.63, 3.8) is 0 Å². The monoisotopic (exact) mass is 403 g/mol. The third-order valence-electron chi connectivity index (χ3n) is 5.31. The molecule has 1 aliphatic heterocycles. The molecule has 0 spiro atoms. The van der Waals surface area contributed by atoms with Crippen molar-refractivity contribution >= 4 is 11.8 Å². The standard InChI is InChI=1S/C25H29N3O2/c1-3-29-16-4-5-20-6-8-22(9-7-20)25-26-19(2)24(27-25)21-10-12-23(13-11-21)28-14-17-30-18-15-28/h4-13H,3,14-18H2,1-2H3,(H,26,27)/b5-4+. The molecular formula is C25H29N3O2. The quantitative estimate of drug-likeness (QED) is 0.568.